The Bertz CT molecular complexity index is 366. The van der Waals surface area contributed by atoms with Gasteiger partial charge in [0.15, 0.2) is 0 Å². The molecule has 2 nitrogen and oxygen atoms in total. The van der Waals surface area contributed by atoms with Gasteiger partial charge in [0, 0.05) is 12.1 Å². The lowest BCUT2D eigenvalue weighted by Crippen LogP contribution is -2.41. The highest BCUT2D eigenvalue weighted by Gasteiger charge is 2.33. The molecule has 17 heavy (non-hydrogen) atoms. The highest BCUT2D eigenvalue weighted by atomic mass is 19.1. The van der Waals surface area contributed by atoms with E-state index in [4.69, 9.17) is 4.74 Å². The van der Waals surface area contributed by atoms with Gasteiger partial charge in [-0.15, -0.1) is 0 Å². The van der Waals surface area contributed by atoms with Crippen LogP contribution in [0.15, 0.2) is 24.3 Å². The molecule has 0 aromatic heterocycles. The minimum absolute atomic E-state index is 0.186. The van der Waals surface area contributed by atoms with Gasteiger partial charge in [-0.2, -0.15) is 0 Å². The van der Waals surface area contributed by atoms with Crippen LogP contribution in [0.5, 0.6) is 0 Å². The summed E-state index contributed by atoms with van der Waals surface area (Å²) in [4.78, 5) is 0. The molecule has 0 radical (unpaired) electrons. The van der Waals surface area contributed by atoms with Crippen LogP contribution in [0, 0.1) is 5.82 Å². The Morgan fingerprint density at radius 2 is 1.76 bits per heavy atom. The molecule has 2 aliphatic rings. The topological polar surface area (TPSA) is 21.3 Å². The summed E-state index contributed by atoms with van der Waals surface area (Å²) in [5.41, 5.74) is 1.05. The molecule has 2 fully saturated rings. The zero-order valence-electron chi connectivity index (χ0n) is 9.86. The lowest BCUT2D eigenvalue weighted by molar-refractivity contribution is 0.00915. The van der Waals surface area contributed by atoms with E-state index in [0.29, 0.717) is 24.8 Å². The Balaban J connectivity index is 1.52. The number of ether oxygens (including phenoxy) is 1. The average Bonchev–Trinajstić information content (AvgIpc) is 2.68. The highest BCUT2D eigenvalue weighted by Crippen LogP contribution is 2.28. The molecule has 1 aromatic carbocycles. The monoisotopic (exact) mass is 235 g/mol. The first-order valence-electron chi connectivity index (χ1n) is 6.42. The number of rotatable bonds is 3. The summed E-state index contributed by atoms with van der Waals surface area (Å²) in [6.45, 7) is 0.602. The third-order valence-electron chi connectivity index (χ3n) is 3.83. The van der Waals surface area contributed by atoms with E-state index in [1.165, 1.54) is 25.0 Å². The van der Waals surface area contributed by atoms with E-state index in [2.05, 4.69) is 5.32 Å². The summed E-state index contributed by atoms with van der Waals surface area (Å²) in [6, 6.07) is 7.89. The molecule has 2 bridgehead atoms. The van der Waals surface area contributed by atoms with Crippen LogP contribution >= 0.6 is 0 Å². The van der Waals surface area contributed by atoms with E-state index < -0.39 is 0 Å². The van der Waals surface area contributed by atoms with Gasteiger partial charge in [0.1, 0.15) is 5.82 Å². The van der Waals surface area contributed by atoms with Crippen LogP contribution in [0.4, 0.5) is 4.39 Å². The summed E-state index contributed by atoms with van der Waals surface area (Å²) in [7, 11) is 0. The van der Waals surface area contributed by atoms with Crippen molar-refractivity contribution in [1.29, 1.82) is 0 Å². The van der Waals surface area contributed by atoms with Gasteiger partial charge in [-0.1, -0.05) is 12.1 Å². The summed E-state index contributed by atoms with van der Waals surface area (Å²) in [5.74, 6) is -0.186. The van der Waals surface area contributed by atoms with Crippen LogP contribution < -0.4 is 5.32 Å². The second-order valence-electron chi connectivity index (χ2n) is 5.17. The van der Waals surface area contributed by atoms with Crippen molar-refractivity contribution >= 4 is 0 Å². The molecule has 3 rings (SSSR count). The second kappa shape index (κ2) is 4.75. The van der Waals surface area contributed by atoms with Crippen molar-refractivity contribution in [2.75, 3.05) is 0 Å². The van der Waals surface area contributed by atoms with Crippen molar-refractivity contribution in [2.24, 2.45) is 0 Å². The van der Waals surface area contributed by atoms with E-state index in [-0.39, 0.29) is 5.82 Å². The molecule has 1 aromatic rings. The fourth-order valence-electron chi connectivity index (χ4n) is 2.94. The van der Waals surface area contributed by atoms with Gasteiger partial charge in [-0.05, 0) is 43.4 Å². The number of benzene rings is 1. The molecule has 3 atom stereocenters. The van der Waals surface area contributed by atoms with Gasteiger partial charge in [-0.3, -0.25) is 0 Å². The number of halogens is 1. The molecule has 92 valence electrons. The maximum absolute atomic E-state index is 12.7. The summed E-state index contributed by atoms with van der Waals surface area (Å²) in [6.07, 6.45) is 5.20. The Morgan fingerprint density at radius 1 is 1.12 bits per heavy atom. The molecule has 1 N–H and O–H groups in total. The lowest BCUT2D eigenvalue weighted by Gasteiger charge is -2.29. The molecule has 2 heterocycles. The molecule has 3 heteroatoms. The van der Waals surface area contributed by atoms with Crippen molar-refractivity contribution in [3.8, 4) is 0 Å². The van der Waals surface area contributed by atoms with E-state index >= 15 is 0 Å². The Hall–Kier alpha value is -0.930. The number of piperidine rings is 1. The molecule has 0 spiro atoms. The van der Waals surface area contributed by atoms with Gasteiger partial charge in [-0.25, -0.2) is 4.39 Å². The Morgan fingerprint density at radius 3 is 2.41 bits per heavy atom. The van der Waals surface area contributed by atoms with Crippen LogP contribution in [0.1, 0.15) is 31.2 Å². The van der Waals surface area contributed by atoms with E-state index in [1.807, 2.05) is 0 Å². The maximum atomic E-state index is 12.7. The molecule has 0 aliphatic carbocycles. The van der Waals surface area contributed by atoms with Crippen molar-refractivity contribution < 1.29 is 9.13 Å². The fourth-order valence-corrected chi connectivity index (χ4v) is 2.94. The molecule has 1 unspecified atom stereocenters. The third kappa shape index (κ3) is 2.67. The molecule has 0 amide bonds. The Labute approximate surface area is 101 Å². The van der Waals surface area contributed by atoms with Crippen LogP contribution in [0.2, 0.25) is 0 Å². The highest BCUT2D eigenvalue weighted by molar-refractivity contribution is 5.15. The number of fused-ring (bicyclic) bond motifs is 2. The predicted octanol–water partition coefficient (Wildman–Crippen LogP) is 2.63. The third-order valence-corrected chi connectivity index (χ3v) is 3.83. The standard InChI is InChI=1S/C14H18FNO/c15-11-3-1-10(2-4-11)9-17-14-7-12-5-6-13(8-14)16-12/h1-4,12-14,16H,5-9H2/t12-,13+,14?. The van der Waals surface area contributed by atoms with Crippen molar-refractivity contribution in [1.82, 2.24) is 5.32 Å². The van der Waals surface area contributed by atoms with Crippen molar-refractivity contribution in [2.45, 2.75) is 50.5 Å². The lowest BCUT2D eigenvalue weighted by atomic mass is 10.0. The first kappa shape index (κ1) is 11.2. The predicted molar refractivity (Wildman–Crippen MR) is 64.2 cm³/mol. The normalized spacial score (nSPS) is 31.7. The van der Waals surface area contributed by atoms with Crippen molar-refractivity contribution in [3.63, 3.8) is 0 Å². The van der Waals surface area contributed by atoms with Crippen LogP contribution in [0.3, 0.4) is 0 Å². The van der Waals surface area contributed by atoms with Gasteiger partial charge in [0.2, 0.25) is 0 Å². The number of hydrogen-bond acceptors (Lipinski definition) is 2. The van der Waals surface area contributed by atoms with Gasteiger partial charge < -0.3 is 10.1 Å². The summed E-state index contributed by atoms with van der Waals surface area (Å²) < 4.78 is 18.7. The smallest absolute Gasteiger partial charge is 0.123 e. The maximum Gasteiger partial charge on any atom is 0.123 e. The van der Waals surface area contributed by atoms with E-state index in [0.717, 1.165) is 18.4 Å². The minimum Gasteiger partial charge on any atom is -0.373 e. The van der Waals surface area contributed by atoms with Crippen LogP contribution in [-0.2, 0) is 11.3 Å². The minimum atomic E-state index is -0.186. The average molecular weight is 235 g/mol. The first-order valence-corrected chi connectivity index (χ1v) is 6.42. The quantitative estimate of drug-likeness (QED) is 0.869. The van der Waals surface area contributed by atoms with Crippen LogP contribution in [-0.4, -0.2) is 18.2 Å². The zero-order chi connectivity index (χ0) is 11.7. The van der Waals surface area contributed by atoms with Gasteiger partial charge in [0.05, 0.1) is 12.7 Å². The fraction of sp³-hybridized carbons (Fsp3) is 0.571. The first-order chi connectivity index (χ1) is 8.29. The molecular weight excluding hydrogens is 217 g/mol. The molecule has 2 aliphatic heterocycles. The van der Waals surface area contributed by atoms with Crippen LogP contribution in [0.25, 0.3) is 0 Å². The molecular formula is C14H18FNO. The SMILES string of the molecule is Fc1ccc(COC2C[C@H]3CC[C@@H](C2)N3)cc1. The summed E-state index contributed by atoms with van der Waals surface area (Å²) >= 11 is 0. The number of nitrogens with one attached hydrogen (secondary N) is 1. The molecule has 0 saturated carbocycles. The van der Waals surface area contributed by atoms with Crippen molar-refractivity contribution in [3.05, 3.63) is 35.6 Å². The van der Waals surface area contributed by atoms with Gasteiger partial charge >= 0.3 is 0 Å². The van der Waals surface area contributed by atoms with E-state index in [1.54, 1.807) is 12.1 Å². The Kier molecular flexibility index (Phi) is 3.12. The second-order valence-corrected chi connectivity index (χ2v) is 5.17. The zero-order valence-corrected chi connectivity index (χ0v) is 9.86. The van der Waals surface area contributed by atoms with E-state index in [9.17, 15) is 4.39 Å². The van der Waals surface area contributed by atoms with Gasteiger partial charge in [0.25, 0.3) is 0 Å². The summed E-state index contributed by atoms with van der Waals surface area (Å²) in [5, 5.41) is 3.60. The largest absolute Gasteiger partial charge is 0.373 e. The molecule has 2 saturated heterocycles. The number of hydrogen-bond donors (Lipinski definition) is 1.